The normalized spacial score (nSPS) is 10.5. The molecule has 1 heterocycles. The number of rotatable bonds is 1. The third kappa shape index (κ3) is 1.98. The predicted molar refractivity (Wildman–Crippen MR) is 65.4 cm³/mol. The first kappa shape index (κ1) is 10.4. The first-order valence-corrected chi connectivity index (χ1v) is 5.59. The van der Waals surface area contributed by atoms with E-state index in [0.717, 1.165) is 14.5 Å². The Morgan fingerprint density at radius 3 is 2.13 bits per heavy atom. The van der Waals surface area contributed by atoms with Crippen molar-refractivity contribution >= 4 is 37.8 Å². The van der Waals surface area contributed by atoms with Gasteiger partial charge in [-0.15, -0.1) is 10.2 Å². The van der Waals surface area contributed by atoms with E-state index in [1.165, 1.54) is 4.68 Å². The molecule has 0 saturated carbocycles. The Morgan fingerprint density at radius 1 is 1.07 bits per heavy atom. The summed E-state index contributed by atoms with van der Waals surface area (Å²) >= 11 is 6.76. The molecule has 0 aliphatic carbocycles. The van der Waals surface area contributed by atoms with Gasteiger partial charge in [-0.2, -0.15) is 0 Å². The highest BCUT2D eigenvalue weighted by Gasteiger charge is 2.10. The largest absolute Gasteiger partial charge is 0.366 e. The summed E-state index contributed by atoms with van der Waals surface area (Å²) in [4.78, 5) is 0. The van der Waals surface area contributed by atoms with Crippen molar-refractivity contribution in [1.82, 2.24) is 14.9 Å². The van der Waals surface area contributed by atoms with Gasteiger partial charge in [0.15, 0.2) is 5.82 Å². The Kier molecular flexibility index (Phi) is 2.66. The lowest BCUT2D eigenvalue weighted by Crippen LogP contribution is -2.13. The van der Waals surface area contributed by atoms with Crippen molar-refractivity contribution in [1.29, 1.82) is 0 Å². The predicted octanol–water partition coefficient (Wildman–Crippen LogP) is 1.77. The molecule has 1 aromatic carbocycles. The Morgan fingerprint density at radius 2 is 1.67 bits per heavy atom. The molecule has 7 heteroatoms. The standard InChI is InChI=1S/C8H7Br2N5/c9-5-1-4(2-6(10)3-5)7-13-14-8(11)15(7)12/h1-3H,12H2,(H2,11,14). The Bertz CT molecular complexity index is 487. The van der Waals surface area contributed by atoms with Gasteiger partial charge in [-0.1, -0.05) is 31.9 Å². The number of benzene rings is 1. The van der Waals surface area contributed by atoms with Crippen molar-refractivity contribution in [2.45, 2.75) is 0 Å². The highest BCUT2D eigenvalue weighted by Crippen LogP contribution is 2.26. The summed E-state index contributed by atoms with van der Waals surface area (Å²) in [5.74, 6) is 6.38. The summed E-state index contributed by atoms with van der Waals surface area (Å²) < 4.78 is 3.09. The van der Waals surface area contributed by atoms with Gasteiger partial charge in [0.1, 0.15) is 0 Å². The van der Waals surface area contributed by atoms with Gasteiger partial charge in [0, 0.05) is 14.5 Å². The number of nitrogen functional groups attached to an aromatic ring is 2. The van der Waals surface area contributed by atoms with E-state index in [9.17, 15) is 0 Å². The quantitative estimate of drug-likeness (QED) is 0.779. The minimum atomic E-state index is 0.182. The lowest BCUT2D eigenvalue weighted by Gasteiger charge is -2.02. The average molecular weight is 333 g/mol. The van der Waals surface area contributed by atoms with Crippen LogP contribution >= 0.6 is 31.9 Å². The van der Waals surface area contributed by atoms with Crippen LogP contribution in [0.25, 0.3) is 11.4 Å². The van der Waals surface area contributed by atoms with Crippen LogP contribution in [-0.2, 0) is 0 Å². The van der Waals surface area contributed by atoms with Gasteiger partial charge in [0.2, 0.25) is 5.95 Å². The third-order valence-corrected chi connectivity index (χ3v) is 2.76. The molecule has 0 amide bonds. The molecular weight excluding hydrogens is 326 g/mol. The van der Waals surface area contributed by atoms with Crippen molar-refractivity contribution in [2.75, 3.05) is 11.6 Å². The molecule has 0 spiro atoms. The maximum absolute atomic E-state index is 5.67. The van der Waals surface area contributed by atoms with E-state index in [-0.39, 0.29) is 5.95 Å². The molecular formula is C8H7Br2N5. The molecule has 0 fully saturated rings. The SMILES string of the molecule is Nc1nnc(-c2cc(Br)cc(Br)c2)n1N. The topological polar surface area (TPSA) is 82.8 Å². The second-order valence-electron chi connectivity index (χ2n) is 2.91. The molecule has 2 aromatic rings. The number of halogens is 2. The maximum atomic E-state index is 5.67. The summed E-state index contributed by atoms with van der Waals surface area (Å²) in [6.07, 6.45) is 0. The smallest absolute Gasteiger partial charge is 0.241 e. The molecule has 0 aliphatic heterocycles. The first-order valence-electron chi connectivity index (χ1n) is 4.00. The number of nitrogens with two attached hydrogens (primary N) is 2. The van der Waals surface area contributed by atoms with Crippen molar-refractivity contribution < 1.29 is 0 Å². The summed E-state index contributed by atoms with van der Waals surface area (Å²) in [7, 11) is 0. The van der Waals surface area contributed by atoms with Crippen LogP contribution in [0, 0.1) is 0 Å². The van der Waals surface area contributed by atoms with Gasteiger partial charge in [-0.05, 0) is 18.2 Å². The molecule has 0 bridgehead atoms. The van der Waals surface area contributed by atoms with Crippen LogP contribution in [0.15, 0.2) is 27.1 Å². The van der Waals surface area contributed by atoms with E-state index >= 15 is 0 Å². The van der Waals surface area contributed by atoms with Gasteiger partial charge < -0.3 is 11.6 Å². The number of aromatic nitrogens is 3. The zero-order chi connectivity index (χ0) is 11.0. The first-order chi connectivity index (χ1) is 7.08. The Hall–Kier alpha value is -1.08. The number of nitrogens with zero attached hydrogens (tertiary/aromatic N) is 3. The maximum Gasteiger partial charge on any atom is 0.241 e. The second-order valence-corrected chi connectivity index (χ2v) is 4.74. The lowest BCUT2D eigenvalue weighted by atomic mass is 10.2. The molecule has 15 heavy (non-hydrogen) atoms. The zero-order valence-electron chi connectivity index (χ0n) is 7.48. The van der Waals surface area contributed by atoms with Crippen LogP contribution in [0.1, 0.15) is 0 Å². The third-order valence-electron chi connectivity index (χ3n) is 1.84. The molecule has 2 rings (SSSR count). The molecule has 0 aliphatic rings. The van der Waals surface area contributed by atoms with E-state index in [4.69, 9.17) is 11.6 Å². The van der Waals surface area contributed by atoms with Crippen molar-refractivity contribution in [2.24, 2.45) is 0 Å². The van der Waals surface area contributed by atoms with Crippen LogP contribution in [0.4, 0.5) is 5.95 Å². The minimum Gasteiger partial charge on any atom is -0.366 e. The van der Waals surface area contributed by atoms with Gasteiger partial charge in [-0.25, -0.2) is 4.68 Å². The Labute approximate surface area is 103 Å². The van der Waals surface area contributed by atoms with Crippen molar-refractivity contribution in [3.63, 3.8) is 0 Å². The summed E-state index contributed by atoms with van der Waals surface area (Å²) in [6.45, 7) is 0. The van der Waals surface area contributed by atoms with Crippen LogP contribution in [0.2, 0.25) is 0 Å². The van der Waals surface area contributed by atoms with Gasteiger partial charge in [0.05, 0.1) is 0 Å². The van der Waals surface area contributed by atoms with Crippen molar-refractivity contribution in [3.05, 3.63) is 27.1 Å². The van der Waals surface area contributed by atoms with E-state index in [0.29, 0.717) is 5.82 Å². The summed E-state index contributed by atoms with van der Waals surface area (Å²) in [6, 6.07) is 5.69. The fraction of sp³-hybridized carbons (Fsp3) is 0. The number of hydrogen-bond acceptors (Lipinski definition) is 4. The average Bonchev–Trinajstić information content (AvgIpc) is 2.46. The lowest BCUT2D eigenvalue weighted by molar-refractivity contribution is 1.02. The summed E-state index contributed by atoms with van der Waals surface area (Å²) in [5, 5.41) is 7.58. The number of hydrogen-bond donors (Lipinski definition) is 2. The molecule has 0 unspecified atom stereocenters. The van der Waals surface area contributed by atoms with E-state index in [1.54, 1.807) is 0 Å². The molecule has 4 N–H and O–H groups in total. The van der Waals surface area contributed by atoms with Crippen LogP contribution < -0.4 is 11.6 Å². The minimum absolute atomic E-state index is 0.182. The monoisotopic (exact) mass is 331 g/mol. The molecule has 78 valence electrons. The highest BCUT2D eigenvalue weighted by atomic mass is 79.9. The molecule has 5 nitrogen and oxygen atoms in total. The Balaban J connectivity index is 2.58. The van der Waals surface area contributed by atoms with Gasteiger partial charge in [-0.3, -0.25) is 0 Å². The molecule has 1 aromatic heterocycles. The van der Waals surface area contributed by atoms with Gasteiger partial charge in [0.25, 0.3) is 0 Å². The van der Waals surface area contributed by atoms with E-state index in [2.05, 4.69) is 42.1 Å². The molecule has 0 atom stereocenters. The van der Waals surface area contributed by atoms with Crippen LogP contribution in [0.5, 0.6) is 0 Å². The fourth-order valence-corrected chi connectivity index (χ4v) is 2.48. The van der Waals surface area contributed by atoms with Gasteiger partial charge >= 0.3 is 0 Å². The summed E-state index contributed by atoms with van der Waals surface area (Å²) in [5.41, 5.74) is 6.33. The zero-order valence-corrected chi connectivity index (χ0v) is 10.7. The van der Waals surface area contributed by atoms with Crippen LogP contribution in [-0.4, -0.2) is 14.9 Å². The fourth-order valence-electron chi connectivity index (χ4n) is 1.18. The van der Waals surface area contributed by atoms with Crippen LogP contribution in [0.3, 0.4) is 0 Å². The van der Waals surface area contributed by atoms with E-state index < -0.39 is 0 Å². The number of anilines is 1. The van der Waals surface area contributed by atoms with E-state index in [1.807, 2.05) is 18.2 Å². The molecule has 0 radical (unpaired) electrons. The highest BCUT2D eigenvalue weighted by molar-refractivity contribution is 9.11. The van der Waals surface area contributed by atoms with Crippen molar-refractivity contribution in [3.8, 4) is 11.4 Å². The molecule has 0 saturated heterocycles. The second kappa shape index (κ2) is 3.82.